The van der Waals surface area contributed by atoms with Crippen molar-refractivity contribution in [2.75, 3.05) is 10.6 Å². The second-order valence-corrected chi connectivity index (χ2v) is 8.24. The average Bonchev–Trinajstić information content (AvgIpc) is 3.60. The van der Waals surface area contributed by atoms with Gasteiger partial charge in [0.1, 0.15) is 0 Å². The lowest BCUT2D eigenvalue weighted by atomic mass is 9.81. The van der Waals surface area contributed by atoms with Crippen LogP contribution < -0.4 is 10.6 Å². The molecule has 0 radical (unpaired) electrons. The van der Waals surface area contributed by atoms with Gasteiger partial charge >= 0.3 is 0 Å². The summed E-state index contributed by atoms with van der Waals surface area (Å²) in [5.41, 5.74) is 1.29. The van der Waals surface area contributed by atoms with E-state index in [0.29, 0.717) is 48.7 Å². The molecule has 0 atom stereocenters. The van der Waals surface area contributed by atoms with Crippen LogP contribution in [0.15, 0.2) is 73.6 Å². The standard InChI is InChI=1S/C24H24N8O2/c33-23(29-19-7-9-21(25-15-19)31-13-1-11-27-31)17-3-5-18(6-4-17)24(34)30-20-8-10-22(26-16-20)32-14-2-12-28-32/h1-2,7-18H,3-6H2,(H,29,33)(H,30,34). The number of carbonyl (C=O) groups is 2. The van der Waals surface area contributed by atoms with E-state index in [1.807, 2.05) is 36.7 Å². The summed E-state index contributed by atoms with van der Waals surface area (Å²) in [5.74, 6) is 1.05. The summed E-state index contributed by atoms with van der Waals surface area (Å²) in [4.78, 5) is 34.1. The molecule has 2 N–H and O–H groups in total. The van der Waals surface area contributed by atoms with Gasteiger partial charge in [0.25, 0.3) is 0 Å². The fraction of sp³-hybridized carbons (Fsp3) is 0.250. The number of nitrogens with zero attached hydrogens (tertiary/aromatic N) is 6. The second kappa shape index (κ2) is 9.65. The fourth-order valence-electron chi connectivity index (χ4n) is 4.11. The third-order valence-electron chi connectivity index (χ3n) is 5.98. The molecule has 4 aromatic rings. The minimum Gasteiger partial charge on any atom is -0.324 e. The van der Waals surface area contributed by atoms with Crippen molar-refractivity contribution in [2.45, 2.75) is 25.7 Å². The van der Waals surface area contributed by atoms with Gasteiger partial charge in [-0.2, -0.15) is 10.2 Å². The van der Waals surface area contributed by atoms with Gasteiger partial charge in [-0.3, -0.25) is 9.59 Å². The predicted molar refractivity (Wildman–Crippen MR) is 125 cm³/mol. The minimum absolute atomic E-state index is 0.0362. The van der Waals surface area contributed by atoms with E-state index >= 15 is 0 Å². The van der Waals surface area contributed by atoms with E-state index in [1.54, 1.807) is 46.3 Å². The van der Waals surface area contributed by atoms with Gasteiger partial charge in [-0.15, -0.1) is 0 Å². The Hall–Kier alpha value is -4.34. The molecule has 1 fully saturated rings. The molecule has 4 aromatic heterocycles. The molecule has 0 aromatic carbocycles. The van der Waals surface area contributed by atoms with Crippen molar-refractivity contribution in [3.8, 4) is 11.6 Å². The van der Waals surface area contributed by atoms with Gasteiger partial charge in [0, 0.05) is 36.6 Å². The minimum atomic E-state index is -0.120. The molecule has 1 aliphatic carbocycles. The zero-order valence-electron chi connectivity index (χ0n) is 18.4. The molecule has 5 rings (SSSR count). The van der Waals surface area contributed by atoms with Crippen LogP contribution in [0.5, 0.6) is 0 Å². The van der Waals surface area contributed by atoms with Crippen molar-refractivity contribution in [3.63, 3.8) is 0 Å². The molecule has 10 nitrogen and oxygen atoms in total. The molecule has 1 saturated carbocycles. The number of nitrogens with one attached hydrogen (secondary N) is 2. The third kappa shape index (κ3) is 4.85. The maximum Gasteiger partial charge on any atom is 0.227 e. The van der Waals surface area contributed by atoms with Gasteiger partial charge < -0.3 is 10.6 Å². The van der Waals surface area contributed by atoms with Gasteiger partial charge in [-0.1, -0.05) is 0 Å². The number of amides is 2. The highest BCUT2D eigenvalue weighted by Crippen LogP contribution is 2.30. The SMILES string of the molecule is O=C(Nc1ccc(-n2cccn2)nc1)C1CCC(C(=O)Nc2ccc(-n3cccn3)nc2)CC1. The van der Waals surface area contributed by atoms with E-state index in [-0.39, 0.29) is 23.7 Å². The van der Waals surface area contributed by atoms with Gasteiger partial charge in [0.2, 0.25) is 11.8 Å². The Bertz CT molecular complexity index is 1130. The molecule has 34 heavy (non-hydrogen) atoms. The molecule has 0 saturated heterocycles. The first-order valence-electron chi connectivity index (χ1n) is 11.2. The fourth-order valence-corrected chi connectivity index (χ4v) is 4.11. The Balaban J connectivity index is 1.10. The molecule has 4 heterocycles. The number of hydrogen-bond acceptors (Lipinski definition) is 6. The first kappa shape index (κ1) is 21.5. The number of pyridine rings is 2. The molecule has 0 unspecified atom stereocenters. The largest absolute Gasteiger partial charge is 0.324 e. The quantitative estimate of drug-likeness (QED) is 0.460. The van der Waals surface area contributed by atoms with Crippen molar-refractivity contribution in [2.24, 2.45) is 11.8 Å². The van der Waals surface area contributed by atoms with Gasteiger partial charge in [0.05, 0.1) is 23.8 Å². The summed E-state index contributed by atoms with van der Waals surface area (Å²) in [7, 11) is 0. The maximum atomic E-state index is 12.7. The van der Waals surface area contributed by atoms with Crippen LogP contribution in [0.25, 0.3) is 11.6 Å². The average molecular weight is 457 g/mol. The Kier molecular flexibility index (Phi) is 6.11. The zero-order valence-corrected chi connectivity index (χ0v) is 18.4. The molecular formula is C24H24N8O2. The lowest BCUT2D eigenvalue weighted by Crippen LogP contribution is -2.32. The summed E-state index contributed by atoms with van der Waals surface area (Å²) in [6.45, 7) is 0. The highest BCUT2D eigenvalue weighted by atomic mass is 16.2. The van der Waals surface area contributed by atoms with E-state index in [2.05, 4.69) is 30.8 Å². The Morgan fingerprint density at radius 2 is 1.15 bits per heavy atom. The van der Waals surface area contributed by atoms with Crippen LogP contribution in [0.1, 0.15) is 25.7 Å². The molecule has 0 bridgehead atoms. The van der Waals surface area contributed by atoms with E-state index < -0.39 is 0 Å². The van der Waals surface area contributed by atoms with Crippen LogP contribution in [0, 0.1) is 11.8 Å². The number of carbonyl (C=O) groups excluding carboxylic acids is 2. The molecular weight excluding hydrogens is 432 g/mol. The highest BCUT2D eigenvalue weighted by Gasteiger charge is 2.30. The summed E-state index contributed by atoms with van der Waals surface area (Å²) in [5, 5.41) is 14.2. The first-order valence-corrected chi connectivity index (χ1v) is 11.2. The number of anilines is 2. The van der Waals surface area contributed by atoms with Crippen LogP contribution in [-0.2, 0) is 9.59 Å². The monoisotopic (exact) mass is 456 g/mol. The smallest absolute Gasteiger partial charge is 0.227 e. The van der Waals surface area contributed by atoms with Gasteiger partial charge in [0.15, 0.2) is 11.6 Å². The molecule has 10 heteroatoms. The van der Waals surface area contributed by atoms with Crippen LogP contribution in [-0.4, -0.2) is 41.3 Å². The van der Waals surface area contributed by atoms with Crippen molar-refractivity contribution in [1.82, 2.24) is 29.5 Å². The molecule has 1 aliphatic rings. The van der Waals surface area contributed by atoms with E-state index in [4.69, 9.17) is 0 Å². The second-order valence-electron chi connectivity index (χ2n) is 8.24. The topological polar surface area (TPSA) is 120 Å². The van der Waals surface area contributed by atoms with Crippen LogP contribution in [0.2, 0.25) is 0 Å². The predicted octanol–water partition coefficient (Wildman–Crippen LogP) is 3.23. The van der Waals surface area contributed by atoms with Crippen LogP contribution in [0.4, 0.5) is 11.4 Å². The number of aromatic nitrogens is 6. The normalized spacial score (nSPS) is 17.8. The van der Waals surface area contributed by atoms with Crippen molar-refractivity contribution in [3.05, 3.63) is 73.6 Å². The molecule has 0 spiro atoms. The zero-order chi connectivity index (χ0) is 23.3. The van der Waals surface area contributed by atoms with E-state index in [0.717, 1.165) is 0 Å². The molecule has 2 amide bonds. The Labute approximate surface area is 196 Å². The lowest BCUT2D eigenvalue weighted by Gasteiger charge is -2.27. The molecule has 0 aliphatic heterocycles. The number of hydrogen-bond donors (Lipinski definition) is 2. The summed E-state index contributed by atoms with van der Waals surface area (Å²) in [6.07, 6.45) is 12.9. The summed E-state index contributed by atoms with van der Waals surface area (Å²) < 4.78 is 3.31. The first-order chi connectivity index (χ1) is 16.7. The third-order valence-corrected chi connectivity index (χ3v) is 5.98. The van der Waals surface area contributed by atoms with Crippen LogP contribution in [0.3, 0.4) is 0 Å². The Morgan fingerprint density at radius 1 is 0.706 bits per heavy atom. The van der Waals surface area contributed by atoms with Crippen molar-refractivity contribution in [1.29, 1.82) is 0 Å². The summed E-state index contributed by atoms with van der Waals surface area (Å²) >= 11 is 0. The van der Waals surface area contributed by atoms with Crippen LogP contribution >= 0.6 is 0 Å². The van der Waals surface area contributed by atoms with Gasteiger partial charge in [-0.05, 0) is 62.1 Å². The number of rotatable bonds is 6. The maximum absolute atomic E-state index is 12.7. The highest BCUT2D eigenvalue weighted by molar-refractivity contribution is 5.94. The molecule has 172 valence electrons. The van der Waals surface area contributed by atoms with Gasteiger partial charge in [-0.25, -0.2) is 19.3 Å². The van der Waals surface area contributed by atoms with Crippen molar-refractivity contribution < 1.29 is 9.59 Å². The van der Waals surface area contributed by atoms with Crippen molar-refractivity contribution >= 4 is 23.2 Å². The van der Waals surface area contributed by atoms with E-state index in [9.17, 15) is 9.59 Å². The lowest BCUT2D eigenvalue weighted by molar-refractivity contribution is -0.125. The van der Waals surface area contributed by atoms with E-state index in [1.165, 1.54) is 0 Å². The Morgan fingerprint density at radius 3 is 1.47 bits per heavy atom. The summed E-state index contributed by atoms with van der Waals surface area (Å²) in [6, 6.07) is 10.9.